The topological polar surface area (TPSA) is 36.9 Å². The van der Waals surface area contributed by atoms with E-state index in [2.05, 4.69) is 16.1 Å². The zero-order valence-corrected chi connectivity index (χ0v) is 30.5. The first-order valence-electron chi connectivity index (χ1n) is 18.5. The molecular formula is C43H46F8O4. The number of rotatable bonds is 25. The van der Waals surface area contributed by atoms with Gasteiger partial charge in [-0.2, -0.15) is 17.6 Å². The third-order valence-corrected chi connectivity index (χ3v) is 8.94. The Balaban J connectivity index is 1.00. The molecule has 4 nitrogen and oxygen atoms in total. The second kappa shape index (κ2) is 21.4. The van der Waals surface area contributed by atoms with E-state index in [1.165, 1.54) is 12.1 Å². The molecule has 0 amide bonds. The van der Waals surface area contributed by atoms with Crippen molar-refractivity contribution in [1.29, 1.82) is 0 Å². The number of alkyl halides is 4. The fraction of sp³-hybridized carbons (Fsp3) is 0.395. The quantitative estimate of drug-likeness (QED) is 0.0381. The van der Waals surface area contributed by atoms with Crippen molar-refractivity contribution in [3.63, 3.8) is 0 Å². The van der Waals surface area contributed by atoms with Crippen molar-refractivity contribution >= 4 is 0 Å². The van der Waals surface area contributed by atoms with Crippen molar-refractivity contribution in [3.05, 3.63) is 132 Å². The normalized spacial score (nSPS) is 11.8. The van der Waals surface area contributed by atoms with Gasteiger partial charge in [-0.15, -0.1) is 6.58 Å². The van der Waals surface area contributed by atoms with Gasteiger partial charge in [0.25, 0.3) is 0 Å². The lowest BCUT2D eigenvalue weighted by atomic mass is 9.94. The Morgan fingerprint density at radius 3 is 1.18 bits per heavy atom. The van der Waals surface area contributed by atoms with Crippen LogP contribution in [0.5, 0.6) is 23.0 Å². The van der Waals surface area contributed by atoms with Crippen LogP contribution in [0.15, 0.2) is 97.6 Å². The van der Waals surface area contributed by atoms with Crippen LogP contribution < -0.4 is 18.9 Å². The van der Waals surface area contributed by atoms with Crippen LogP contribution >= 0.6 is 0 Å². The minimum Gasteiger partial charge on any atom is -0.493 e. The zero-order valence-electron chi connectivity index (χ0n) is 30.5. The summed E-state index contributed by atoms with van der Waals surface area (Å²) in [6.45, 7) is 4.63. The highest BCUT2D eigenvalue weighted by Crippen LogP contribution is 2.36. The number of allylic oxidation sites excluding steroid dienone is 1. The van der Waals surface area contributed by atoms with Gasteiger partial charge in [-0.3, -0.25) is 0 Å². The first kappa shape index (κ1) is 43.0. The molecule has 298 valence electrons. The highest BCUT2D eigenvalue weighted by atomic mass is 19.3. The average molecular weight is 779 g/mol. The minimum atomic E-state index is -3.95. The van der Waals surface area contributed by atoms with Crippen molar-refractivity contribution in [3.8, 4) is 23.0 Å². The minimum absolute atomic E-state index is 0.143. The lowest BCUT2D eigenvalue weighted by Crippen LogP contribution is -2.23. The number of ether oxygens (including phenoxy) is 4. The monoisotopic (exact) mass is 778 g/mol. The second-order valence-electron chi connectivity index (χ2n) is 13.2. The van der Waals surface area contributed by atoms with Gasteiger partial charge in [0, 0.05) is 12.1 Å². The predicted molar refractivity (Wildman–Crippen MR) is 195 cm³/mol. The van der Waals surface area contributed by atoms with Crippen molar-refractivity contribution < 1.29 is 54.1 Å². The smallest absolute Gasteiger partial charge is 0.429 e. The van der Waals surface area contributed by atoms with Gasteiger partial charge in [0.1, 0.15) is 57.4 Å². The van der Waals surface area contributed by atoms with Crippen LogP contribution in [0.3, 0.4) is 0 Å². The van der Waals surface area contributed by atoms with E-state index in [-0.39, 0.29) is 23.0 Å². The molecular weight excluding hydrogens is 732 g/mol. The molecule has 55 heavy (non-hydrogen) atoms. The molecule has 0 saturated carbocycles. The maximum absolute atomic E-state index is 14.5. The van der Waals surface area contributed by atoms with E-state index in [9.17, 15) is 35.1 Å². The van der Waals surface area contributed by atoms with Gasteiger partial charge in [0.2, 0.25) is 0 Å². The van der Waals surface area contributed by atoms with Crippen molar-refractivity contribution in [2.45, 2.75) is 89.3 Å². The summed E-state index contributed by atoms with van der Waals surface area (Å²) in [6.07, 6.45) is 5.75. The Labute approximate surface area is 317 Å². The number of unbranched alkanes of at least 4 members (excludes halogenated alkanes) is 8. The molecule has 0 bridgehead atoms. The molecule has 4 aromatic carbocycles. The Hall–Kier alpha value is -4.74. The summed E-state index contributed by atoms with van der Waals surface area (Å²) in [5.41, 5.74) is -1.89. The van der Waals surface area contributed by atoms with Gasteiger partial charge in [0.05, 0.1) is 13.2 Å². The Kier molecular flexibility index (Phi) is 16.7. The highest BCUT2D eigenvalue weighted by molar-refractivity contribution is 5.33. The van der Waals surface area contributed by atoms with Gasteiger partial charge >= 0.3 is 12.2 Å². The summed E-state index contributed by atoms with van der Waals surface area (Å²) in [6, 6.07) is 14.2. The predicted octanol–water partition coefficient (Wildman–Crippen LogP) is 13.4. The molecule has 0 radical (unpaired) electrons. The van der Waals surface area contributed by atoms with Crippen molar-refractivity contribution in [1.82, 2.24) is 0 Å². The molecule has 0 N–H and O–H groups in total. The maximum atomic E-state index is 14.5. The number of hydrogen-bond donors (Lipinski definition) is 0. The number of hydrogen-bond acceptors (Lipinski definition) is 4. The van der Waals surface area contributed by atoms with E-state index in [0.717, 1.165) is 150 Å². The van der Waals surface area contributed by atoms with Crippen molar-refractivity contribution in [2.75, 3.05) is 13.2 Å². The molecule has 0 heterocycles. The van der Waals surface area contributed by atoms with Gasteiger partial charge in [-0.05, 0) is 104 Å². The maximum Gasteiger partial charge on any atom is 0.429 e. The third-order valence-electron chi connectivity index (χ3n) is 8.94. The van der Waals surface area contributed by atoms with Crippen LogP contribution in [0.1, 0.15) is 88.2 Å². The number of benzene rings is 4. The first-order valence-corrected chi connectivity index (χ1v) is 18.5. The van der Waals surface area contributed by atoms with Gasteiger partial charge in [-0.1, -0.05) is 57.4 Å². The molecule has 0 spiro atoms. The molecule has 0 saturated heterocycles. The molecule has 0 unspecified atom stereocenters. The summed E-state index contributed by atoms with van der Waals surface area (Å²) in [5.74, 6) is -3.42. The fourth-order valence-electron chi connectivity index (χ4n) is 5.89. The lowest BCUT2D eigenvalue weighted by Gasteiger charge is -2.19. The number of halogens is 8. The summed E-state index contributed by atoms with van der Waals surface area (Å²) in [4.78, 5) is 0. The van der Waals surface area contributed by atoms with E-state index in [0.29, 0.717) is 19.1 Å². The standard InChI is InChI=1S/C43H46F8O4/c1-2-31(13-9-5-3-7-11-27-52-36-23-25-38(40(46)29-36)42(48,49)54-34-19-15-32(44)16-20-34)14-10-6-4-8-12-28-53-37-24-26-39(41(47)30-37)43(50,51)55-35-21-17-33(45)18-22-35/h2,15-26,29-31H,1,3-14,27-28H2. The van der Waals surface area contributed by atoms with Gasteiger partial charge in [-0.25, -0.2) is 17.6 Å². The van der Waals surface area contributed by atoms with Crippen molar-refractivity contribution in [2.24, 2.45) is 5.92 Å². The molecule has 0 aromatic heterocycles. The van der Waals surface area contributed by atoms with E-state index >= 15 is 0 Å². The zero-order chi connectivity index (χ0) is 39.7. The van der Waals surface area contributed by atoms with Crippen LogP contribution in [-0.2, 0) is 12.2 Å². The van der Waals surface area contributed by atoms with Crippen LogP contribution in [-0.4, -0.2) is 13.2 Å². The Morgan fingerprint density at radius 2 is 0.818 bits per heavy atom. The largest absolute Gasteiger partial charge is 0.493 e. The Bertz CT molecular complexity index is 1620. The summed E-state index contributed by atoms with van der Waals surface area (Å²) < 4.78 is 133. The Morgan fingerprint density at radius 1 is 0.473 bits per heavy atom. The van der Waals surface area contributed by atoms with Gasteiger partial charge in [0.15, 0.2) is 0 Å². The summed E-state index contributed by atoms with van der Waals surface area (Å²) >= 11 is 0. The molecule has 4 rings (SSSR count). The molecule has 0 aliphatic heterocycles. The fourth-order valence-corrected chi connectivity index (χ4v) is 5.89. The summed E-state index contributed by atoms with van der Waals surface area (Å²) in [7, 11) is 0. The van der Waals surface area contributed by atoms with Gasteiger partial charge < -0.3 is 18.9 Å². The van der Waals surface area contributed by atoms with Crippen LogP contribution in [0.4, 0.5) is 35.1 Å². The molecule has 0 atom stereocenters. The third kappa shape index (κ3) is 14.4. The molecule has 0 fully saturated rings. The van der Waals surface area contributed by atoms with Crippen LogP contribution in [0.2, 0.25) is 0 Å². The molecule has 0 aliphatic rings. The van der Waals surface area contributed by atoms with E-state index in [1.54, 1.807) is 0 Å². The average Bonchev–Trinajstić information content (AvgIpc) is 3.14. The lowest BCUT2D eigenvalue weighted by molar-refractivity contribution is -0.188. The van der Waals surface area contributed by atoms with E-state index in [1.807, 2.05) is 6.08 Å². The first-order chi connectivity index (χ1) is 26.4. The van der Waals surface area contributed by atoms with E-state index < -0.39 is 46.6 Å². The van der Waals surface area contributed by atoms with Crippen LogP contribution in [0.25, 0.3) is 0 Å². The van der Waals surface area contributed by atoms with E-state index in [4.69, 9.17) is 9.47 Å². The molecule has 12 heteroatoms. The van der Waals surface area contributed by atoms with Crippen LogP contribution in [0, 0.1) is 29.2 Å². The highest BCUT2D eigenvalue weighted by Gasteiger charge is 2.39. The summed E-state index contributed by atoms with van der Waals surface area (Å²) in [5, 5.41) is 0. The second-order valence-corrected chi connectivity index (χ2v) is 13.2. The molecule has 4 aromatic rings. The SMILES string of the molecule is C=CC(CCCCCCCOc1ccc(C(F)(F)Oc2ccc(F)cc2)c(F)c1)CCCCCCCOc1ccc(C(F)(F)Oc2ccc(F)cc2)c(F)c1. The molecule has 0 aliphatic carbocycles.